The van der Waals surface area contributed by atoms with Crippen molar-refractivity contribution in [2.75, 3.05) is 5.73 Å². The van der Waals surface area contributed by atoms with Crippen LogP contribution in [0.1, 0.15) is 15.2 Å². The van der Waals surface area contributed by atoms with Gasteiger partial charge in [-0.2, -0.15) is 0 Å². The van der Waals surface area contributed by atoms with E-state index in [4.69, 9.17) is 5.73 Å². The van der Waals surface area contributed by atoms with Crippen LogP contribution in [-0.2, 0) is 6.54 Å². The summed E-state index contributed by atoms with van der Waals surface area (Å²) in [6.45, 7) is 0.324. The Hall–Kier alpha value is -1.95. The van der Waals surface area contributed by atoms with E-state index in [0.717, 1.165) is 17.0 Å². The molecule has 2 aromatic rings. The molecule has 1 amide bonds. The van der Waals surface area contributed by atoms with Crippen molar-refractivity contribution in [3.8, 4) is 0 Å². The number of anilines is 1. The lowest BCUT2D eigenvalue weighted by atomic mass is 10.1. The number of halogens is 2. The number of carbonyl (C=O) groups excluding carboxylic acids is 1. The first-order chi connectivity index (χ1) is 8.58. The van der Waals surface area contributed by atoms with Crippen molar-refractivity contribution in [3.63, 3.8) is 0 Å². The van der Waals surface area contributed by atoms with Crippen molar-refractivity contribution >= 4 is 22.9 Å². The Labute approximate surface area is 106 Å². The maximum absolute atomic E-state index is 13.2. The molecule has 1 aromatic heterocycles. The minimum atomic E-state index is -0.934. The molecule has 0 radical (unpaired) electrons. The summed E-state index contributed by atoms with van der Waals surface area (Å²) in [6.07, 6.45) is 0. The first-order valence-electron chi connectivity index (χ1n) is 5.13. The van der Waals surface area contributed by atoms with Gasteiger partial charge in [-0.05, 0) is 23.6 Å². The molecule has 0 saturated heterocycles. The molecule has 3 nitrogen and oxygen atoms in total. The van der Waals surface area contributed by atoms with Crippen LogP contribution in [0.5, 0.6) is 0 Å². The molecule has 18 heavy (non-hydrogen) atoms. The van der Waals surface area contributed by atoms with Gasteiger partial charge in [-0.15, -0.1) is 11.3 Å². The SMILES string of the molecule is Nc1c(F)cc(C(=O)NCc2cccs2)cc1F. The highest BCUT2D eigenvalue weighted by Gasteiger charge is 2.12. The van der Waals surface area contributed by atoms with Gasteiger partial charge in [-0.3, -0.25) is 4.79 Å². The van der Waals surface area contributed by atoms with Gasteiger partial charge in [0.05, 0.1) is 6.54 Å². The minimum Gasteiger partial charge on any atom is -0.394 e. The van der Waals surface area contributed by atoms with Crippen LogP contribution in [0.15, 0.2) is 29.6 Å². The molecule has 0 aliphatic carbocycles. The van der Waals surface area contributed by atoms with E-state index in [0.29, 0.717) is 6.54 Å². The molecule has 0 saturated carbocycles. The average Bonchev–Trinajstić information content (AvgIpc) is 2.85. The molecule has 0 atom stereocenters. The lowest BCUT2D eigenvalue weighted by molar-refractivity contribution is 0.0950. The average molecular weight is 268 g/mol. The fourth-order valence-electron chi connectivity index (χ4n) is 1.40. The van der Waals surface area contributed by atoms with Crippen LogP contribution in [0.2, 0.25) is 0 Å². The summed E-state index contributed by atoms with van der Waals surface area (Å²) in [6, 6.07) is 5.55. The third kappa shape index (κ3) is 2.65. The third-order valence-corrected chi connectivity index (χ3v) is 3.22. The number of nitrogen functional groups attached to an aromatic ring is 1. The summed E-state index contributed by atoms with van der Waals surface area (Å²) < 4.78 is 26.3. The van der Waals surface area contributed by atoms with Crippen LogP contribution in [-0.4, -0.2) is 5.91 Å². The maximum Gasteiger partial charge on any atom is 0.251 e. The van der Waals surface area contributed by atoms with Gasteiger partial charge < -0.3 is 11.1 Å². The molecule has 94 valence electrons. The fraction of sp³-hybridized carbons (Fsp3) is 0.0833. The van der Waals surface area contributed by atoms with Crippen LogP contribution in [0.3, 0.4) is 0 Å². The molecule has 0 fully saturated rings. The second kappa shape index (κ2) is 5.14. The van der Waals surface area contributed by atoms with Gasteiger partial charge in [0.25, 0.3) is 5.91 Å². The van der Waals surface area contributed by atoms with E-state index in [1.54, 1.807) is 0 Å². The second-order valence-electron chi connectivity index (χ2n) is 3.62. The lowest BCUT2D eigenvalue weighted by Crippen LogP contribution is -2.22. The van der Waals surface area contributed by atoms with Crippen molar-refractivity contribution in [1.82, 2.24) is 5.32 Å². The molecular formula is C12H10F2N2OS. The van der Waals surface area contributed by atoms with E-state index < -0.39 is 23.2 Å². The van der Waals surface area contributed by atoms with Gasteiger partial charge in [0.15, 0.2) is 0 Å². The van der Waals surface area contributed by atoms with Crippen molar-refractivity contribution < 1.29 is 13.6 Å². The smallest absolute Gasteiger partial charge is 0.251 e. The van der Waals surface area contributed by atoms with Crippen LogP contribution < -0.4 is 11.1 Å². The molecule has 3 N–H and O–H groups in total. The van der Waals surface area contributed by atoms with E-state index in [-0.39, 0.29) is 5.56 Å². The first kappa shape index (κ1) is 12.5. The zero-order valence-electron chi connectivity index (χ0n) is 9.24. The number of nitrogens with two attached hydrogens (primary N) is 1. The highest BCUT2D eigenvalue weighted by Crippen LogP contribution is 2.17. The van der Waals surface area contributed by atoms with E-state index >= 15 is 0 Å². The Morgan fingerprint density at radius 3 is 2.56 bits per heavy atom. The molecule has 1 heterocycles. The zero-order valence-corrected chi connectivity index (χ0v) is 10.1. The number of rotatable bonds is 3. The highest BCUT2D eigenvalue weighted by atomic mass is 32.1. The summed E-state index contributed by atoms with van der Waals surface area (Å²) >= 11 is 1.49. The molecule has 0 aliphatic rings. The highest BCUT2D eigenvalue weighted by molar-refractivity contribution is 7.09. The molecule has 1 aromatic carbocycles. The molecule has 6 heteroatoms. The first-order valence-corrected chi connectivity index (χ1v) is 6.01. The topological polar surface area (TPSA) is 55.1 Å². The summed E-state index contributed by atoms with van der Waals surface area (Å²) in [5.74, 6) is -2.41. The van der Waals surface area contributed by atoms with E-state index in [1.807, 2.05) is 17.5 Å². The summed E-state index contributed by atoms with van der Waals surface area (Å²) in [7, 11) is 0. The minimum absolute atomic E-state index is 0.0873. The molecule has 0 unspecified atom stereocenters. The largest absolute Gasteiger partial charge is 0.394 e. The maximum atomic E-state index is 13.2. The van der Waals surface area contributed by atoms with Crippen LogP contribution >= 0.6 is 11.3 Å². The van der Waals surface area contributed by atoms with Crippen molar-refractivity contribution in [3.05, 3.63) is 51.7 Å². The number of nitrogens with one attached hydrogen (secondary N) is 1. The molecule has 0 bridgehead atoms. The summed E-state index contributed by atoms with van der Waals surface area (Å²) in [5.41, 5.74) is 4.46. The molecule has 2 rings (SSSR count). The number of thiophene rings is 1. The Morgan fingerprint density at radius 1 is 1.33 bits per heavy atom. The summed E-state index contributed by atoms with van der Waals surface area (Å²) in [4.78, 5) is 12.6. The van der Waals surface area contributed by atoms with Gasteiger partial charge in [0, 0.05) is 10.4 Å². The number of benzene rings is 1. The Balaban J connectivity index is 2.09. The Morgan fingerprint density at radius 2 is 2.00 bits per heavy atom. The van der Waals surface area contributed by atoms with Crippen LogP contribution in [0.4, 0.5) is 14.5 Å². The second-order valence-corrected chi connectivity index (χ2v) is 4.65. The predicted octanol–water partition coefficient (Wildman–Crippen LogP) is 2.54. The monoisotopic (exact) mass is 268 g/mol. The Bertz CT molecular complexity index is 546. The Kier molecular flexibility index (Phi) is 3.57. The van der Waals surface area contributed by atoms with Gasteiger partial charge in [-0.1, -0.05) is 6.07 Å². The molecule has 0 spiro atoms. The van der Waals surface area contributed by atoms with E-state index in [1.165, 1.54) is 11.3 Å². The molecular weight excluding hydrogens is 258 g/mol. The van der Waals surface area contributed by atoms with Gasteiger partial charge >= 0.3 is 0 Å². The number of hydrogen-bond donors (Lipinski definition) is 2. The predicted molar refractivity (Wildman–Crippen MR) is 66.3 cm³/mol. The van der Waals surface area contributed by atoms with Gasteiger partial charge in [0.1, 0.15) is 17.3 Å². The third-order valence-electron chi connectivity index (χ3n) is 2.34. The van der Waals surface area contributed by atoms with Gasteiger partial charge in [0.2, 0.25) is 0 Å². The quantitative estimate of drug-likeness (QED) is 0.840. The van der Waals surface area contributed by atoms with E-state index in [2.05, 4.69) is 5.32 Å². The number of hydrogen-bond acceptors (Lipinski definition) is 3. The lowest BCUT2D eigenvalue weighted by Gasteiger charge is -2.05. The van der Waals surface area contributed by atoms with Crippen molar-refractivity contribution in [2.45, 2.75) is 6.54 Å². The van der Waals surface area contributed by atoms with Gasteiger partial charge in [-0.25, -0.2) is 8.78 Å². The summed E-state index contributed by atoms with van der Waals surface area (Å²) in [5, 5.41) is 4.45. The number of carbonyl (C=O) groups is 1. The van der Waals surface area contributed by atoms with Crippen molar-refractivity contribution in [2.24, 2.45) is 0 Å². The van der Waals surface area contributed by atoms with Crippen LogP contribution in [0, 0.1) is 11.6 Å². The van der Waals surface area contributed by atoms with E-state index in [9.17, 15) is 13.6 Å². The normalized spacial score (nSPS) is 10.3. The van der Waals surface area contributed by atoms with Crippen LogP contribution in [0.25, 0.3) is 0 Å². The zero-order chi connectivity index (χ0) is 13.1. The molecule has 0 aliphatic heterocycles. The van der Waals surface area contributed by atoms with Crippen molar-refractivity contribution in [1.29, 1.82) is 0 Å². The fourth-order valence-corrected chi connectivity index (χ4v) is 2.04. The number of amides is 1. The standard InChI is InChI=1S/C12H10F2N2OS/c13-9-4-7(5-10(14)11(9)15)12(17)16-6-8-2-1-3-18-8/h1-5H,6,15H2,(H,16,17).